The van der Waals surface area contributed by atoms with E-state index in [0.717, 1.165) is 42.5 Å². The number of aryl methyl sites for hydroxylation is 3. The normalized spacial score (nSPS) is 13.1. The first kappa shape index (κ1) is 12.9. The zero-order valence-electron chi connectivity index (χ0n) is 11.1. The lowest BCUT2D eigenvalue weighted by molar-refractivity contribution is 0.0695. The van der Waals surface area contributed by atoms with Crippen molar-refractivity contribution in [2.75, 3.05) is 6.54 Å². The fourth-order valence-corrected chi connectivity index (χ4v) is 2.91. The van der Waals surface area contributed by atoms with Crippen molar-refractivity contribution in [3.8, 4) is 0 Å². The number of hydrogen-bond donors (Lipinski definition) is 2. The molecule has 2 aromatic rings. The number of aromatic nitrogens is 1. The number of hydrogen-bond acceptors (Lipinski definition) is 3. The minimum absolute atomic E-state index is 0.152. The van der Waals surface area contributed by atoms with Crippen LogP contribution in [-0.4, -0.2) is 22.2 Å². The largest absolute Gasteiger partial charge is 0.477 e. The minimum atomic E-state index is -1.17. The molecule has 0 bridgehead atoms. The van der Waals surface area contributed by atoms with E-state index in [-0.39, 0.29) is 11.0 Å². The summed E-state index contributed by atoms with van der Waals surface area (Å²) in [6.45, 7) is 1.33. The minimum Gasteiger partial charge on any atom is -0.477 e. The van der Waals surface area contributed by atoms with Gasteiger partial charge in [-0.15, -0.1) is 0 Å². The molecule has 1 aromatic carbocycles. The Kier molecular flexibility index (Phi) is 3.06. The number of pyridine rings is 1. The number of nitrogens with zero attached hydrogens (tertiary/aromatic N) is 1. The first-order chi connectivity index (χ1) is 9.61. The summed E-state index contributed by atoms with van der Waals surface area (Å²) in [5, 5.41) is 9.66. The highest BCUT2D eigenvalue weighted by atomic mass is 16.4. The summed E-state index contributed by atoms with van der Waals surface area (Å²) < 4.78 is 1.88. The van der Waals surface area contributed by atoms with Gasteiger partial charge in [0.05, 0.1) is 5.52 Å². The van der Waals surface area contributed by atoms with Crippen molar-refractivity contribution >= 4 is 16.9 Å². The van der Waals surface area contributed by atoms with Crippen LogP contribution in [0.25, 0.3) is 10.9 Å². The number of carbonyl (C=O) groups is 1. The molecule has 3 N–H and O–H groups in total. The van der Waals surface area contributed by atoms with Crippen LogP contribution >= 0.6 is 0 Å². The molecular weight excluding hydrogens is 256 g/mol. The maximum absolute atomic E-state index is 12.3. The summed E-state index contributed by atoms with van der Waals surface area (Å²) in [6, 6.07) is 3.94. The monoisotopic (exact) mass is 272 g/mol. The van der Waals surface area contributed by atoms with Crippen molar-refractivity contribution < 1.29 is 9.90 Å². The van der Waals surface area contributed by atoms with Crippen LogP contribution in [0.4, 0.5) is 0 Å². The number of benzene rings is 1. The van der Waals surface area contributed by atoms with E-state index in [1.807, 2.05) is 10.6 Å². The standard InChI is InChI=1S/C15H16N2O3/c16-4-1-2-9-6-10-3-5-17-8-12(15(19)20)14(18)11(7-9)13(10)17/h6-8H,1-5,16H2,(H,19,20). The molecule has 0 amide bonds. The van der Waals surface area contributed by atoms with Gasteiger partial charge in [0.25, 0.3) is 0 Å². The van der Waals surface area contributed by atoms with Crippen LogP contribution in [0.5, 0.6) is 0 Å². The number of nitrogens with two attached hydrogens (primary N) is 1. The molecule has 5 heteroatoms. The van der Waals surface area contributed by atoms with Crippen LogP contribution in [0, 0.1) is 0 Å². The molecule has 0 aliphatic carbocycles. The molecule has 104 valence electrons. The lowest BCUT2D eigenvalue weighted by atomic mass is 10.0. The van der Waals surface area contributed by atoms with Crippen molar-refractivity contribution in [3.63, 3.8) is 0 Å². The Bertz CT molecular complexity index is 762. The van der Waals surface area contributed by atoms with Gasteiger partial charge in [-0.25, -0.2) is 4.79 Å². The van der Waals surface area contributed by atoms with Crippen LogP contribution in [0.1, 0.15) is 27.9 Å². The van der Waals surface area contributed by atoms with Gasteiger partial charge >= 0.3 is 5.97 Å². The number of rotatable bonds is 4. The molecule has 1 aliphatic rings. The molecule has 0 fully saturated rings. The maximum atomic E-state index is 12.3. The highest BCUT2D eigenvalue weighted by molar-refractivity contribution is 5.94. The molecule has 5 nitrogen and oxygen atoms in total. The summed E-state index contributed by atoms with van der Waals surface area (Å²) in [4.78, 5) is 23.5. The fraction of sp³-hybridized carbons (Fsp3) is 0.333. The van der Waals surface area contributed by atoms with Gasteiger partial charge in [0.1, 0.15) is 5.56 Å². The predicted molar refractivity (Wildman–Crippen MR) is 76.2 cm³/mol. The van der Waals surface area contributed by atoms with E-state index in [0.29, 0.717) is 11.9 Å². The summed E-state index contributed by atoms with van der Waals surface area (Å²) in [5.74, 6) is -1.17. The molecule has 0 radical (unpaired) electrons. The summed E-state index contributed by atoms with van der Waals surface area (Å²) in [6.07, 6.45) is 3.98. The van der Waals surface area contributed by atoms with E-state index in [2.05, 4.69) is 6.07 Å². The van der Waals surface area contributed by atoms with Gasteiger partial charge in [-0.3, -0.25) is 4.79 Å². The van der Waals surface area contributed by atoms with Crippen molar-refractivity contribution in [2.24, 2.45) is 5.73 Å². The number of aromatic carboxylic acids is 1. The van der Waals surface area contributed by atoms with Gasteiger partial charge in [0.2, 0.25) is 5.43 Å². The van der Waals surface area contributed by atoms with Crippen molar-refractivity contribution in [3.05, 3.63) is 45.2 Å². The van der Waals surface area contributed by atoms with Gasteiger partial charge in [-0.1, -0.05) is 6.07 Å². The molecule has 0 atom stereocenters. The Balaban J connectivity index is 2.27. The Morgan fingerprint density at radius 3 is 2.90 bits per heavy atom. The molecule has 1 aromatic heterocycles. The summed E-state index contributed by atoms with van der Waals surface area (Å²) >= 11 is 0. The molecule has 3 rings (SSSR count). The van der Waals surface area contributed by atoms with Crippen LogP contribution in [0.15, 0.2) is 23.1 Å². The van der Waals surface area contributed by atoms with Crippen LogP contribution in [0.3, 0.4) is 0 Å². The quantitative estimate of drug-likeness (QED) is 0.874. The second-order valence-electron chi connectivity index (χ2n) is 5.16. The van der Waals surface area contributed by atoms with E-state index in [9.17, 15) is 9.59 Å². The Morgan fingerprint density at radius 2 is 2.20 bits per heavy atom. The SMILES string of the molecule is NCCCc1cc2c3c(c1)c(=O)c(C(=O)O)cn3CC2. The maximum Gasteiger partial charge on any atom is 0.341 e. The first-order valence-corrected chi connectivity index (χ1v) is 6.74. The predicted octanol–water partition coefficient (Wildman–Crippen LogP) is 1.15. The molecule has 1 aliphatic heterocycles. The smallest absolute Gasteiger partial charge is 0.341 e. The average molecular weight is 272 g/mol. The van der Waals surface area contributed by atoms with Crippen molar-refractivity contribution in [2.45, 2.75) is 25.8 Å². The van der Waals surface area contributed by atoms with Gasteiger partial charge in [0, 0.05) is 18.1 Å². The highest BCUT2D eigenvalue weighted by Crippen LogP contribution is 2.26. The zero-order valence-corrected chi connectivity index (χ0v) is 11.1. The second-order valence-corrected chi connectivity index (χ2v) is 5.16. The molecule has 0 saturated carbocycles. The van der Waals surface area contributed by atoms with Gasteiger partial charge in [-0.2, -0.15) is 0 Å². The topological polar surface area (TPSA) is 85.3 Å². The fourth-order valence-electron chi connectivity index (χ4n) is 2.91. The molecule has 20 heavy (non-hydrogen) atoms. The van der Waals surface area contributed by atoms with E-state index in [4.69, 9.17) is 10.8 Å². The Hall–Kier alpha value is -2.14. The van der Waals surface area contributed by atoms with Crippen molar-refractivity contribution in [1.29, 1.82) is 0 Å². The van der Waals surface area contributed by atoms with E-state index in [1.165, 1.54) is 6.20 Å². The average Bonchev–Trinajstić information content (AvgIpc) is 2.83. The van der Waals surface area contributed by atoms with Crippen LogP contribution in [0.2, 0.25) is 0 Å². The van der Waals surface area contributed by atoms with Gasteiger partial charge in [0.15, 0.2) is 0 Å². The Morgan fingerprint density at radius 1 is 1.40 bits per heavy atom. The summed E-state index contributed by atoms with van der Waals surface area (Å²) in [7, 11) is 0. The third kappa shape index (κ3) is 1.91. The number of carboxylic acid groups (broad SMARTS) is 1. The van der Waals surface area contributed by atoms with Crippen molar-refractivity contribution in [1.82, 2.24) is 4.57 Å². The highest BCUT2D eigenvalue weighted by Gasteiger charge is 2.20. The zero-order chi connectivity index (χ0) is 14.3. The first-order valence-electron chi connectivity index (χ1n) is 6.74. The van der Waals surface area contributed by atoms with E-state index < -0.39 is 5.97 Å². The van der Waals surface area contributed by atoms with E-state index >= 15 is 0 Å². The molecule has 0 saturated heterocycles. The number of carboxylic acids is 1. The third-order valence-electron chi connectivity index (χ3n) is 3.83. The molecule has 2 heterocycles. The van der Waals surface area contributed by atoms with Gasteiger partial charge < -0.3 is 15.4 Å². The molecular formula is C15H16N2O3. The Labute approximate surface area is 115 Å². The third-order valence-corrected chi connectivity index (χ3v) is 3.83. The molecule has 0 spiro atoms. The second kappa shape index (κ2) is 4.76. The van der Waals surface area contributed by atoms with E-state index in [1.54, 1.807) is 0 Å². The van der Waals surface area contributed by atoms with Crippen LogP contribution in [-0.2, 0) is 19.4 Å². The lowest BCUT2D eigenvalue weighted by Gasteiger charge is -2.08. The summed E-state index contributed by atoms with van der Waals surface area (Å²) in [5.41, 5.74) is 8.06. The lowest BCUT2D eigenvalue weighted by Crippen LogP contribution is -2.18. The van der Waals surface area contributed by atoms with Crippen LogP contribution < -0.4 is 11.2 Å². The molecule has 0 unspecified atom stereocenters. The van der Waals surface area contributed by atoms with Gasteiger partial charge in [-0.05, 0) is 43.0 Å².